The quantitative estimate of drug-likeness (QED) is 0.590. The minimum absolute atomic E-state index is 0.0398. The summed E-state index contributed by atoms with van der Waals surface area (Å²) in [5, 5.41) is 13.8. The van der Waals surface area contributed by atoms with E-state index in [-0.39, 0.29) is 26.4 Å². The van der Waals surface area contributed by atoms with E-state index in [9.17, 15) is 31.5 Å². The van der Waals surface area contributed by atoms with E-state index in [4.69, 9.17) is 0 Å². The third kappa shape index (κ3) is 3.32. The Morgan fingerprint density at radius 2 is 2.00 bits per heavy atom. The zero-order valence-electron chi connectivity index (χ0n) is 15.0. The van der Waals surface area contributed by atoms with Crippen LogP contribution in [0.5, 0.6) is 0 Å². The van der Waals surface area contributed by atoms with E-state index in [0.717, 1.165) is 21.0 Å². The Bertz CT molecular complexity index is 1310. The first-order chi connectivity index (χ1) is 14.0. The number of nitrogens with zero attached hydrogens (tertiary/aromatic N) is 2. The number of amides is 1. The molecule has 0 radical (unpaired) electrons. The fourth-order valence-corrected chi connectivity index (χ4v) is 6.77. The van der Waals surface area contributed by atoms with Crippen molar-refractivity contribution in [3.8, 4) is 0 Å². The summed E-state index contributed by atoms with van der Waals surface area (Å²) in [5.74, 6) is -1.18. The lowest BCUT2D eigenvalue weighted by molar-refractivity contribution is -0.140. The number of benzene rings is 1. The zero-order chi connectivity index (χ0) is 21.8. The molecular formula is C17H12F3N3O4S3. The number of nitrogens with one attached hydrogen (secondary N) is 1. The van der Waals surface area contributed by atoms with E-state index in [0.29, 0.717) is 21.4 Å². The second kappa shape index (κ2) is 6.96. The molecule has 13 heteroatoms. The lowest BCUT2D eigenvalue weighted by Gasteiger charge is -2.27. The van der Waals surface area contributed by atoms with Gasteiger partial charge in [-0.2, -0.15) is 13.2 Å². The van der Waals surface area contributed by atoms with Crippen LogP contribution in [0.4, 0.5) is 18.3 Å². The molecule has 0 aliphatic carbocycles. The van der Waals surface area contributed by atoms with Gasteiger partial charge in [0.05, 0.1) is 17.0 Å². The number of aliphatic hydroxyl groups excluding tert-OH is 1. The molecule has 3 heterocycles. The van der Waals surface area contributed by atoms with Crippen molar-refractivity contribution in [1.82, 2.24) is 9.29 Å². The van der Waals surface area contributed by atoms with Crippen LogP contribution >= 0.6 is 22.7 Å². The number of sulfonamides is 1. The maximum Gasteiger partial charge on any atom is 0.434 e. The van der Waals surface area contributed by atoms with Crippen LogP contribution in [0.25, 0.3) is 15.8 Å². The smallest absolute Gasteiger partial charge is 0.434 e. The van der Waals surface area contributed by atoms with Crippen molar-refractivity contribution in [1.29, 1.82) is 0 Å². The number of carbonyl (C=O) groups excluding carboxylic acids is 1. The van der Waals surface area contributed by atoms with Crippen LogP contribution in [-0.4, -0.2) is 35.8 Å². The van der Waals surface area contributed by atoms with Crippen molar-refractivity contribution in [3.63, 3.8) is 0 Å². The molecule has 1 aliphatic rings. The van der Waals surface area contributed by atoms with Crippen molar-refractivity contribution in [2.24, 2.45) is 0 Å². The Labute approximate surface area is 176 Å². The Kier molecular flexibility index (Phi) is 4.78. The van der Waals surface area contributed by atoms with Crippen molar-refractivity contribution in [2.75, 3.05) is 12.4 Å². The summed E-state index contributed by atoms with van der Waals surface area (Å²) in [6.07, 6.45) is -5.22. The van der Waals surface area contributed by atoms with E-state index < -0.39 is 34.2 Å². The molecule has 1 aromatic carbocycles. The minimum Gasteiger partial charge on any atom is -0.505 e. The van der Waals surface area contributed by atoms with E-state index in [1.807, 2.05) is 0 Å². The van der Waals surface area contributed by atoms with Gasteiger partial charge in [-0.05, 0) is 6.07 Å². The molecule has 3 aromatic rings. The topological polar surface area (TPSA) is 99.6 Å². The van der Waals surface area contributed by atoms with Gasteiger partial charge in [0.25, 0.3) is 10.0 Å². The molecule has 4 rings (SSSR count). The Morgan fingerprint density at radius 1 is 1.30 bits per heavy atom. The molecule has 1 aliphatic heterocycles. The number of anilines is 1. The molecule has 2 N–H and O–H groups in total. The highest BCUT2D eigenvalue weighted by molar-refractivity contribution is 7.89. The molecule has 1 amide bonds. The monoisotopic (exact) mass is 475 g/mol. The van der Waals surface area contributed by atoms with Gasteiger partial charge in [-0.15, -0.1) is 22.7 Å². The average Bonchev–Trinajstić information content (AvgIpc) is 3.28. The van der Waals surface area contributed by atoms with Gasteiger partial charge < -0.3 is 10.4 Å². The summed E-state index contributed by atoms with van der Waals surface area (Å²) >= 11 is 1.66. The standard InChI is InChI=1S/C17H12F3N3O4S3/c1-23-9(6-12(24)22-16-21-11(7-28-16)17(18,19)20)13(25)14-15(30(23,26)27)8-4-2-3-5-10(8)29-14/h2-5,7,25H,6H2,1H3,(H,21,22,24). The number of thiophene rings is 1. The maximum atomic E-state index is 13.0. The van der Waals surface area contributed by atoms with Crippen LogP contribution in [0, 0.1) is 0 Å². The van der Waals surface area contributed by atoms with Gasteiger partial charge in [0.1, 0.15) is 4.90 Å². The normalized spacial score (nSPS) is 16.1. The molecule has 30 heavy (non-hydrogen) atoms. The number of hydrogen-bond acceptors (Lipinski definition) is 7. The zero-order valence-corrected chi connectivity index (χ0v) is 17.5. The molecule has 0 fully saturated rings. The average molecular weight is 475 g/mol. The molecule has 0 unspecified atom stereocenters. The number of halogens is 3. The van der Waals surface area contributed by atoms with Gasteiger partial charge >= 0.3 is 6.18 Å². The SMILES string of the molecule is CN1C(CC(=O)Nc2nc(C(F)(F)F)cs2)=C(O)c2sc3ccccc3c2S1(=O)=O. The Morgan fingerprint density at radius 3 is 2.67 bits per heavy atom. The molecule has 0 bridgehead atoms. The predicted molar refractivity (Wildman–Crippen MR) is 107 cm³/mol. The number of aromatic nitrogens is 1. The third-order valence-electron chi connectivity index (χ3n) is 4.41. The second-order valence-electron chi connectivity index (χ2n) is 6.28. The minimum atomic E-state index is -4.64. The van der Waals surface area contributed by atoms with Crippen molar-refractivity contribution in [2.45, 2.75) is 17.5 Å². The maximum absolute atomic E-state index is 13.0. The van der Waals surface area contributed by atoms with Crippen LogP contribution in [0.3, 0.4) is 0 Å². The number of rotatable bonds is 3. The molecule has 0 saturated carbocycles. The second-order valence-corrected chi connectivity index (χ2v) is 10.1. The number of thiazole rings is 1. The number of hydrogen-bond donors (Lipinski definition) is 2. The van der Waals surface area contributed by atoms with Gasteiger partial charge in [-0.3, -0.25) is 9.10 Å². The Balaban J connectivity index is 1.67. The third-order valence-corrected chi connectivity index (χ3v) is 8.35. The first-order valence-electron chi connectivity index (χ1n) is 8.25. The molecule has 2 aromatic heterocycles. The molecule has 0 atom stereocenters. The predicted octanol–water partition coefficient (Wildman–Crippen LogP) is 4.27. The first-order valence-corrected chi connectivity index (χ1v) is 11.4. The van der Waals surface area contributed by atoms with E-state index in [2.05, 4.69) is 10.3 Å². The summed E-state index contributed by atoms with van der Waals surface area (Å²) in [6, 6.07) is 6.76. The lowest BCUT2D eigenvalue weighted by atomic mass is 10.2. The van der Waals surface area contributed by atoms with Crippen LogP contribution in [-0.2, 0) is 21.0 Å². The summed E-state index contributed by atoms with van der Waals surface area (Å²) in [6.45, 7) is 0. The number of carbonyl (C=O) groups is 1. The fourth-order valence-electron chi connectivity index (χ4n) is 2.97. The van der Waals surface area contributed by atoms with Crippen molar-refractivity contribution >= 4 is 59.6 Å². The summed E-state index contributed by atoms with van der Waals surface area (Å²) in [7, 11) is -2.83. The van der Waals surface area contributed by atoms with Crippen molar-refractivity contribution in [3.05, 3.63) is 45.9 Å². The molecule has 0 saturated heterocycles. The van der Waals surface area contributed by atoms with Gasteiger partial charge in [-0.25, -0.2) is 13.4 Å². The number of aliphatic hydroxyl groups is 1. The van der Waals surface area contributed by atoms with E-state index in [1.165, 1.54) is 7.05 Å². The summed E-state index contributed by atoms with van der Waals surface area (Å²) in [5.41, 5.74) is -1.32. The van der Waals surface area contributed by atoms with Crippen LogP contribution < -0.4 is 5.32 Å². The fraction of sp³-hybridized carbons (Fsp3) is 0.176. The van der Waals surface area contributed by atoms with Gasteiger partial charge in [0.15, 0.2) is 16.6 Å². The van der Waals surface area contributed by atoms with Gasteiger partial charge in [0, 0.05) is 22.5 Å². The lowest BCUT2D eigenvalue weighted by Crippen LogP contribution is -2.32. The van der Waals surface area contributed by atoms with Crippen LogP contribution in [0.2, 0.25) is 0 Å². The van der Waals surface area contributed by atoms with Crippen LogP contribution in [0.1, 0.15) is 17.0 Å². The highest BCUT2D eigenvalue weighted by Gasteiger charge is 2.39. The first kappa shape index (κ1) is 20.6. The molecular weight excluding hydrogens is 463 g/mol. The number of fused-ring (bicyclic) bond motifs is 3. The molecule has 7 nitrogen and oxygen atoms in total. The largest absolute Gasteiger partial charge is 0.505 e. The highest BCUT2D eigenvalue weighted by Crippen LogP contribution is 2.45. The Hall–Kier alpha value is -2.64. The van der Waals surface area contributed by atoms with Gasteiger partial charge in [0.2, 0.25) is 5.91 Å². The summed E-state index contributed by atoms with van der Waals surface area (Å²) in [4.78, 5) is 15.7. The van der Waals surface area contributed by atoms with E-state index in [1.54, 1.807) is 24.3 Å². The van der Waals surface area contributed by atoms with Crippen LogP contribution in [0.15, 0.2) is 40.2 Å². The number of alkyl halides is 3. The summed E-state index contributed by atoms with van der Waals surface area (Å²) < 4.78 is 65.4. The van der Waals surface area contributed by atoms with Crippen molar-refractivity contribution < 1.29 is 31.5 Å². The molecule has 0 spiro atoms. The highest BCUT2D eigenvalue weighted by atomic mass is 32.2. The molecule has 158 valence electrons. The van der Waals surface area contributed by atoms with Gasteiger partial charge in [-0.1, -0.05) is 18.2 Å². The van der Waals surface area contributed by atoms with E-state index >= 15 is 0 Å².